The van der Waals surface area contributed by atoms with Crippen molar-refractivity contribution >= 4 is 22.1 Å². The molecular weight excluding hydrogens is 220 g/mol. The number of nitrogen functional groups attached to an aromatic ring is 2. The second-order valence-electron chi connectivity index (χ2n) is 4.89. The van der Waals surface area contributed by atoms with E-state index >= 15 is 0 Å². The lowest BCUT2D eigenvalue weighted by molar-refractivity contribution is 0.667. The van der Waals surface area contributed by atoms with Crippen molar-refractivity contribution in [2.75, 3.05) is 11.5 Å². The fraction of sp³-hybridized carbons (Fsp3) is 0.375. The van der Waals surface area contributed by atoms with Crippen LogP contribution in [0.2, 0.25) is 0 Å². The standard InChI is InChI=1S/C16H22N2/c1-2-3-4-5-8-12-11-15(17)13-9-6-7-10-14(13)16(12)18/h6-7,9-11H,2-5,8,17-18H2,1H3. The molecule has 2 aromatic carbocycles. The van der Waals surface area contributed by atoms with Crippen LogP contribution in [-0.2, 0) is 6.42 Å². The molecule has 2 aromatic rings. The molecule has 2 heteroatoms. The van der Waals surface area contributed by atoms with E-state index in [-0.39, 0.29) is 0 Å². The molecule has 0 saturated heterocycles. The average Bonchev–Trinajstić information content (AvgIpc) is 2.40. The molecule has 0 bridgehead atoms. The quantitative estimate of drug-likeness (QED) is 0.612. The predicted octanol–water partition coefficient (Wildman–Crippen LogP) is 4.13. The molecule has 18 heavy (non-hydrogen) atoms. The summed E-state index contributed by atoms with van der Waals surface area (Å²) in [7, 11) is 0. The topological polar surface area (TPSA) is 52.0 Å². The van der Waals surface area contributed by atoms with Crippen molar-refractivity contribution in [1.82, 2.24) is 0 Å². The molecule has 0 saturated carbocycles. The lowest BCUT2D eigenvalue weighted by atomic mass is 9.98. The van der Waals surface area contributed by atoms with Crippen LogP contribution < -0.4 is 11.5 Å². The number of benzene rings is 2. The summed E-state index contributed by atoms with van der Waals surface area (Å²) in [6, 6.07) is 10.1. The van der Waals surface area contributed by atoms with Crippen LogP contribution in [0.4, 0.5) is 11.4 Å². The van der Waals surface area contributed by atoms with Crippen molar-refractivity contribution in [1.29, 1.82) is 0 Å². The highest BCUT2D eigenvalue weighted by molar-refractivity contribution is 6.01. The first-order valence-electron chi connectivity index (χ1n) is 6.79. The maximum absolute atomic E-state index is 6.25. The number of hydrogen-bond donors (Lipinski definition) is 2. The molecule has 0 spiro atoms. The zero-order valence-electron chi connectivity index (χ0n) is 11.1. The van der Waals surface area contributed by atoms with Gasteiger partial charge in [-0.1, -0.05) is 50.5 Å². The lowest BCUT2D eigenvalue weighted by Gasteiger charge is -2.11. The highest BCUT2D eigenvalue weighted by Gasteiger charge is 2.07. The van der Waals surface area contributed by atoms with Gasteiger partial charge in [-0.15, -0.1) is 0 Å². The first kappa shape index (κ1) is 12.7. The molecule has 0 unspecified atom stereocenters. The maximum atomic E-state index is 6.25. The van der Waals surface area contributed by atoms with Gasteiger partial charge in [0.15, 0.2) is 0 Å². The van der Waals surface area contributed by atoms with Gasteiger partial charge in [0.05, 0.1) is 0 Å². The third kappa shape index (κ3) is 2.58. The summed E-state index contributed by atoms with van der Waals surface area (Å²) in [4.78, 5) is 0. The van der Waals surface area contributed by atoms with Gasteiger partial charge in [-0.2, -0.15) is 0 Å². The minimum absolute atomic E-state index is 0.838. The first-order chi connectivity index (χ1) is 8.74. The SMILES string of the molecule is CCCCCCc1cc(N)c2ccccc2c1N. The second kappa shape index (κ2) is 5.76. The van der Waals surface area contributed by atoms with E-state index in [0.717, 1.165) is 28.6 Å². The molecular formula is C16H22N2. The van der Waals surface area contributed by atoms with Gasteiger partial charge >= 0.3 is 0 Å². The molecule has 96 valence electrons. The zero-order valence-corrected chi connectivity index (χ0v) is 11.1. The van der Waals surface area contributed by atoms with Gasteiger partial charge in [-0.05, 0) is 24.5 Å². The van der Waals surface area contributed by atoms with E-state index < -0.39 is 0 Å². The minimum atomic E-state index is 0.838. The van der Waals surface area contributed by atoms with Gasteiger partial charge in [0, 0.05) is 22.1 Å². The third-order valence-corrected chi connectivity index (χ3v) is 3.50. The first-order valence-corrected chi connectivity index (χ1v) is 6.79. The fourth-order valence-electron chi connectivity index (χ4n) is 2.43. The van der Waals surface area contributed by atoms with Crippen LogP contribution in [0, 0.1) is 0 Å². The third-order valence-electron chi connectivity index (χ3n) is 3.50. The number of hydrogen-bond acceptors (Lipinski definition) is 2. The molecule has 4 N–H and O–H groups in total. The van der Waals surface area contributed by atoms with Crippen molar-refractivity contribution in [3.05, 3.63) is 35.9 Å². The van der Waals surface area contributed by atoms with E-state index in [1.54, 1.807) is 0 Å². The summed E-state index contributed by atoms with van der Waals surface area (Å²) in [5.41, 5.74) is 15.3. The molecule has 0 heterocycles. The molecule has 0 amide bonds. The average molecular weight is 242 g/mol. The largest absolute Gasteiger partial charge is 0.398 e. The van der Waals surface area contributed by atoms with E-state index in [1.165, 1.54) is 31.2 Å². The number of fused-ring (bicyclic) bond motifs is 1. The van der Waals surface area contributed by atoms with Gasteiger partial charge in [0.25, 0.3) is 0 Å². The van der Waals surface area contributed by atoms with Gasteiger partial charge in [0.2, 0.25) is 0 Å². The van der Waals surface area contributed by atoms with Crippen LogP contribution in [-0.4, -0.2) is 0 Å². The number of unbranched alkanes of at least 4 members (excludes halogenated alkanes) is 3. The van der Waals surface area contributed by atoms with Crippen LogP contribution in [0.5, 0.6) is 0 Å². The summed E-state index contributed by atoms with van der Waals surface area (Å²) in [6.45, 7) is 2.22. The summed E-state index contributed by atoms with van der Waals surface area (Å²) in [5, 5.41) is 2.15. The van der Waals surface area contributed by atoms with Crippen molar-refractivity contribution < 1.29 is 0 Å². The van der Waals surface area contributed by atoms with Crippen LogP contribution in [0.15, 0.2) is 30.3 Å². The Morgan fingerprint density at radius 2 is 1.67 bits per heavy atom. The normalized spacial score (nSPS) is 10.9. The van der Waals surface area contributed by atoms with Gasteiger partial charge in [-0.25, -0.2) is 0 Å². The highest BCUT2D eigenvalue weighted by Crippen LogP contribution is 2.30. The van der Waals surface area contributed by atoms with Gasteiger partial charge in [-0.3, -0.25) is 0 Å². The molecule has 0 aliphatic carbocycles. The summed E-state index contributed by atoms with van der Waals surface area (Å²) in [5.74, 6) is 0. The number of nitrogens with two attached hydrogens (primary N) is 2. The smallest absolute Gasteiger partial charge is 0.0427 e. The molecule has 0 radical (unpaired) electrons. The lowest BCUT2D eigenvalue weighted by Crippen LogP contribution is -1.99. The summed E-state index contributed by atoms with van der Waals surface area (Å²) < 4.78 is 0. The molecule has 2 nitrogen and oxygen atoms in total. The van der Waals surface area contributed by atoms with Crippen LogP contribution in [0.1, 0.15) is 38.2 Å². The highest BCUT2D eigenvalue weighted by atomic mass is 14.6. The number of anilines is 2. The van der Waals surface area contributed by atoms with E-state index in [2.05, 4.69) is 13.0 Å². The summed E-state index contributed by atoms with van der Waals surface area (Å²) in [6.07, 6.45) is 6.04. The minimum Gasteiger partial charge on any atom is -0.398 e. The zero-order chi connectivity index (χ0) is 13.0. The van der Waals surface area contributed by atoms with Crippen molar-refractivity contribution in [2.45, 2.75) is 39.0 Å². The predicted molar refractivity (Wildman–Crippen MR) is 80.6 cm³/mol. The number of rotatable bonds is 5. The Bertz CT molecular complexity index is 532. The molecule has 2 rings (SSSR count). The Morgan fingerprint density at radius 3 is 2.39 bits per heavy atom. The van der Waals surface area contributed by atoms with E-state index in [4.69, 9.17) is 11.5 Å². The molecule has 0 aromatic heterocycles. The van der Waals surface area contributed by atoms with Gasteiger partial charge < -0.3 is 11.5 Å². The van der Waals surface area contributed by atoms with E-state index in [0.29, 0.717) is 0 Å². The Morgan fingerprint density at radius 1 is 0.944 bits per heavy atom. The maximum Gasteiger partial charge on any atom is 0.0427 e. The monoisotopic (exact) mass is 242 g/mol. The molecule has 0 atom stereocenters. The molecule has 0 aliphatic heterocycles. The Kier molecular flexibility index (Phi) is 4.08. The van der Waals surface area contributed by atoms with Gasteiger partial charge in [0.1, 0.15) is 0 Å². The Hall–Kier alpha value is -1.70. The number of aryl methyl sites for hydroxylation is 1. The van der Waals surface area contributed by atoms with Crippen LogP contribution >= 0.6 is 0 Å². The van der Waals surface area contributed by atoms with E-state index in [1.807, 2.05) is 24.3 Å². The van der Waals surface area contributed by atoms with E-state index in [9.17, 15) is 0 Å². The molecule has 0 aliphatic rings. The van der Waals surface area contributed by atoms with Crippen molar-refractivity contribution in [2.24, 2.45) is 0 Å². The Labute approximate surface area is 109 Å². The second-order valence-corrected chi connectivity index (χ2v) is 4.89. The molecule has 0 fully saturated rings. The van der Waals surface area contributed by atoms with Crippen molar-refractivity contribution in [3.63, 3.8) is 0 Å². The summed E-state index contributed by atoms with van der Waals surface area (Å²) >= 11 is 0. The van der Waals surface area contributed by atoms with Crippen molar-refractivity contribution in [3.8, 4) is 0 Å². The van der Waals surface area contributed by atoms with Crippen LogP contribution in [0.25, 0.3) is 10.8 Å². The fourth-order valence-corrected chi connectivity index (χ4v) is 2.43. The van der Waals surface area contributed by atoms with Crippen LogP contribution in [0.3, 0.4) is 0 Å². The Balaban J connectivity index is 2.26.